The Hall–Kier alpha value is 0.210. The van der Waals surface area contributed by atoms with Crippen LogP contribution in [-0.4, -0.2) is 0 Å². The summed E-state index contributed by atoms with van der Waals surface area (Å²) in [5.74, 6) is 1.48. The highest BCUT2D eigenvalue weighted by atomic mass is 127. The number of rotatable bonds is 1. The van der Waals surface area contributed by atoms with Crippen LogP contribution in [0.15, 0.2) is 22.3 Å². The van der Waals surface area contributed by atoms with Crippen molar-refractivity contribution < 1.29 is 0 Å². The van der Waals surface area contributed by atoms with Crippen molar-refractivity contribution in [1.29, 1.82) is 0 Å². The van der Waals surface area contributed by atoms with Crippen LogP contribution in [0.3, 0.4) is 0 Å². The molecule has 1 heteroatoms. The highest BCUT2D eigenvalue weighted by molar-refractivity contribution is 14.1. The molecule has 1 fully saturated rings. The van der Waals surface area contributed by atoms with Crippen molar-refractivity contribution in [1.82, 2.24) is 0 Å². The third kappa shape index (κ3) is 1.44. The summed E-state index contributed by atoms with van der Waals surface area (Å²) in [6.07, 6.45) is 4.70. The van der Waals surface area contributed by atoms with Crippen LogP contribution in [0.4, 0.5) is 0 Å². The Labute approximate surface area is 76.5 Å². The first kappa shape index (κ1) is 8.31. The molecule has 56 valence electrons. The molecule has 0 aliphatic heterocycles. The molecule has 0 radical (unpaired) electrons. The lowest BCUT2D eigenvalue weighted by atomic mass is 9.96. The monoisotopic (exact) mass is 248 g/mol. The van der Waals surface area contributed by atoms with Crippen molar-refractivity contribution in [3.63, 3.8) is 0 Å². The van der Waals surface area contributed by atoms with E-state index in [1.54, 1.807) is 5.57 Å². The van der Waals surface area contributed by atoms with E-state index >= 15 is 0 Å². The summed E-state index contributed by atoms with van der Waals surface area (Å²) in [6.45, 7) is 6.15. The largest absolute Gasteiger partial charge is 0.102 e. The molecule has 0 aromatic rings. The molecule has 1 saturated carbocycles. The Balaban J connectivity index is 2.72. The molecule has 0 unspecified atom stereocenters. The van der Waals surface area contributed by atoms with Crippen molar-refractivity contribution >= 4 is 22.6 Å². The van der Waals surface area contributed by atoms with E-state index in [2.05, 4.69) is 46.3 Å². The number of halogens is 1. The first-order valence-corrected chi connectivity index (χ1v) is 4.96. The molecule has 0 nitrogen and oxygen atoms in total. The standard InChI is InChI=1S/C9H13I/c1-3-9-7(2)4-5-8(9)6-10/h3,6-7,9H,1,4-5H2,2H3/b8-6+/t7-,9-/m1/s1. The first-order valence-electron chi connectivity index (χ1n) is 3.71. The van der Waals surface area contributed by atoms with Crippen LogP contribution in [-0.2, 0) is 0 Å². The molecule has 2 atom stereocenters. The van der Waals surface area contributed by atoms with Gasteiger partial charge in [0.1, 0.15) is 0 Å². The summed E-state index contributed by atoms with van der Waals surface area (Å²) in [7, 11) is 0. The predicted octanol–water partition coefficient (Wildman–Crippen LogP) is 3.54. The topological polar surface area (TPSA) is 0 Å². The molecule has 0 aromatic heterocycles. The third-order valence-electron chi connectivity index (χ3n) is 2.32. The normalized spacial score (nSPS) is 36.8. The van der Waals surface area contributed by atoms with Crippen LogP contribution < -0.4 is 0 Å². The lowest BCUT2D eigenvalue weighted by molar-refractivity contribution is 0.534. The van der Waals surface area contributed by atoms with Gasteiger partial charge < -0.3 is 0 Å². The molecule has 10 heavy (non-hydrogen) atoms. The zero-order chi connectivity index (χ0) is 7.56. The van der Waals surface area contributed by atoms with Gasteiger partial charge in [-0.05, 0) is 22.8 Å². The minimum atomic E-state index is 0.664. The van der Waals surface area contributed by atoms with Gasteiger partial charge in [0.05, 0.1) is 0 Å². The van der Waals surface area contributed by atoms with Gasteiger partial charge in [-0.3, -0.25) is 0 Å². The summed E-state index contributed by atoms with van der Waals surface area (Å²) in [6, 6.07) is 0. The van der Waals surface area contributed by atoms with Crippen molar-refractivity contribution in [3.05, 3.63) is 22.3 Å². The molecule has 0 heterocycles. The minimum absolute atomic E-state index is 0.664. The molecule has 1 aliphatic carbocycles. The maximum atomic E-state index is 3.85. The van der Waals surface area contributed by atoms with Crippen LogP contribution in [0.25, 0.3) is 0 Å². The zero-order valence-corrected chi connectivity index (χ0v) is 8.47. The van der Waals surface area contributed by atoms with Gasteiger partial charge in [0.2, 0.25) is 0 Å². The minimum Gasteiger partial charge on any atom is -0.102 e. The number of hydrogen-bond acceptors (Lipinski definition) is 0. The van der Waals surface area contributed by atoms with E-state index < -0.39 is 0 Å². The quantitative estimate of drug-likeness (QED) is 0.491. The molecule has 0 spiro atoms. The average Bonchev–Trinajstić information content (AvgIpc) is 2.30. The van der Waals surface area contributed by atoms with E-state index in [-0.39, 0.29) is 0 Å². The molecule has 0 aromatic carbocycles. The van der Waals surface area contributed by atoms with Gasteiger partial charge in [-0.2, -0.15) is 0 Å². The van der Waals surface area contributed by atoms with E-state index in [0.29, 0.717) is 5.92 Å². The van der Waals surface area contributed by atoms with E-state index in [1.807, 2.05) is 0 Å². The molecule has 1 rings (SSSR count). The second kappa shape index (κ2) is 3.56. The average molecular weight is 248 g/mol. The van der Waals surface area contributed by atoms with Crippen molar-refractivity contribution in [2.45, 2.75) is 19.8 Å². The van der Waals surface area contributed by atoms with Crippen LogP contribution in [0, 0.1) is 11.8 Å². The molecule has 1 aliphatic rings. The van der Waals surface area contributed by atoms with Gasteiger partial charge in [0.25, 0.3) is 0 Å². The fourth-order valence-electron chi connectivity index (χ4n) is 1.62. The van der Waals surface area contributed by atoms with Crippen LogP contribution in [0.1, 0.15) is 19.8 Å². The summed E-state index contributed by atoms with van der Waals surface area (Å²) in [4.78, 5) is 0. The molecule has 0 saturated heterocycles. The molecule has 0 bridgehead atoms. The Kier molecular flexibility index (Phi) is 2.96. The van der Waals surface area contributed by atoms with Crippen LogP contribution >= 0.6 is 22.6 Å². The van der Waals surface area contributed by atoms with E-state index in [9.17, 15) is 0 Å². The lowest BCUT2D eigenvalue weighted by Gasteiger charge is -2.09. The van der Waals surface area contributed by atoms with Gasteiger partial charge in [-0.1, -0.05) is 41.2 Å². The van der Waals surface area contributed by atoms with Gasteiger partial charge in [-0.15, -0.1) is 6.58 Å². The fourth-order valence-corrected chi connectivity index (χ4v) is 2.34. The maximum Gasteiger partial charge on any atom is 0.000740 e. The molecule has 0 amide bonds. The van der Waals surface area contributed by atoms with Gasteiger partial charge in [-0.25, -0.2) is 0 Å². The summed E-state index contributed by atoms with van der Waals surface area (Å²) in [5.41, 5.74) is 1.57. The van der Waals surface area contributed by atoms with E-state index in [4.69, 9.17) is 0 Å². The first-order chi connectivity index (χ1) is 4.79. The Morgan fingerprint density at radius 3 is 2.80 bits per heavy atom. The van der Waals surface area contributed by atoms with Crippen LogP contribution in [0.5, 0.6) is 0 Å². The van der Waals surface area contributed by atoms with Gasteiger partial charge in [0, 0.05) is 5.92 Å². The Morgan fingerprint density at radius 2 is 2.40 bits per heavy atom. The number of hydrogen-bond donors (Lipinski definition) is 0. The summed E-state index contributed by atoms with van der Waals surface area (Å²) < 4.78 is 2.22. The molecular formula is C9H13I. The Morgan fingerprint density at radius 1 is 1.70 bits per heavy atom. The van der Waals surface area contributed by atoms with Crippen molar-refractivity contribution in [2.75, 3.05) is 0 Å². The van der Waals surface area contributed by atoms with Crippen molar-refractivity contribution in [3.8, 4) is 0 Å². The SMILES string of the molecule is C=C[C@H]1/C(=C/I)CC[C@H]1C. The lowest BCUT2D eigenvalue weighted by Crippen LogP contribution is -2.00. The highest BCUT2D eigenvalue weighted by Gasteiger charge is 2.24. The second-order valence-corrected chi connectivity index (χ2v) is 3.58. The fraction of sp³-hybridized carbons (Fsp3) is 0.556. The third-order valence-corrected chi connectivity index (χ3v) is 3.12. The number of allylic oxidation sites excluding steroid dienone is 2. The van der Waals surface area contributed by atoms with E-state index in [0.717, 1.165) is 5.92 Å². The van der Waals surface area contributed by atoms with Crippen LogP contribution in [0.2, 0.25) is 0 Å². The predicted molar refractivity (Wildman–Crippen MR) is 54.2 cm³/mol. The van der Waals surface area contributed by atoms with Crippen molar-refractivity contribution in [2.24, 2.45) is 11.8 Å². The molecular weight excluding hydrogens is 235 g/mol. The van der Waals surface area contributed by atoms with Gasteiger partial charge in [0.15, 0.2) is 0 Å². The highest BCUT2D eigenvalue weighted by Crippen LogP contribution is 2.37. The summed E-state index contributed by atoms with van der Waals surface area (Å²) in [5, 5.41) is 0. The van der Waals surface area contributed by atoms with Gasteiger partial charge >= 0.3 is 0 Å². The maximum absolute atomic E-state index is 3.85. The summed E-state index contributed by atoms with van der Waals surface area (Å²) >= 11 is 2.33. The Bertz CT molecular complexity index is 158. The molecule has 0 N–H and O–H groups in total. The zero-order valence-electron chi connectivity index (χ0n) is 6.31. The van der Waals surface area contributed by atoms with E-state index in [1.165, 1.54) is 12.8 Å². The second-order valence-electron chi connectivity index (χ2n) is 2.96. The smallest absolute Gasteiger partial charge is 0.000740 e.